The molecule has 0 bridgehead atoms. The van der Waals surface area contributed by atoms with Crippen LogP contribution in [0.15, 0.2) is 30.3 Å². The van der Waals surface area contributed by atoms with Gasteiger partial charge in [0.05, 0.1) is 11.4 Å². The summed E-state index contributed by atoms with van der Waals surface area (Å²) < 4.78 is 1.91. The Balaban J connectivity index is 1.81. The third kappa shape index (κ3) is 3.16. The first-order valence-electron chi connectivity index (χ1n) is 8.55. The molecule has 0 atom stereocenters. The fourth-order valence-corrected chi connectivity index (χ4v) is 3.58. The van der Waals surface area contributed by atoms with E-state index in [0.717, 1.165) is 42.0 Å². The van der Waals surface area contributed by atoms with Crippen LogP contribution in [0.5, 0.6) is 0 Å². The number of hydrogen-bond donors (Lipinski definition) is 0. The lowest BCUT2D eigenvalue weighted by molar-refractivity contribution is 0.0693. The van der Waals surface area contributed by atoms with Gasteiger partial charge in [0.25, 0.3) is 5.91 Å². The molecule has 1 aliphatic rings. The minimum Gasteiger partial charge on any atom is -0.336 e. The first-order valence-corrected chi connectivity index (χ1v) is 8.55. The standard InChI is InChI=1S/C19H25N3O/c1-4-21(17-7-5-6-8-17)19(23)16-9-11-18(12-10-16)22-15(3)13-14(2)20-22/h9-13,17H,4-8H2,1-3H3. The molecule has 1 aliphatic carbocycles. The quantitative estimate of drug-likeness (QED) is 0.859. The van der Waals surface area contributed by atoms with Crippen LogP contribution in [-0.4, -0.2) is 33.2 Å². The molecule has 3 rings (SSSR count). The van der Waals surface area contributed by atoms with Gasteiger partial charge in [0, 0.05) is 23.8 Å². The minimum atomic E-state index is 0.152. The lowest BCUT2D eigenvalue weighted by Crippen LogP contribution is -2.38. The molecule has 1 saturated carbocycles. The lowest BCUT2D eigenvalue weighted by Gasteiger charge is -2.27. The second-order valence-corrected chi connectivity index (χ2v) is 6.42. The molecule has 1 aromatic heterocycles. The van der Waals surface area contributed by atoms with Gasteiger partial charge in [-0.1, -0.05) is 12.8 Å². The Hall–Kier alpha value is -2.10. The predicted molar refractivity (Wildman–Crippen MR) is 92.0 cm³/mol. The molecule has 4 nitrogen and oxygen atoms in total. The fourth-order valence-electron chi connectivity index (χ4n) is 3.58. The molecule has 0 unspecified atom stereocenters. The average Bonchev–Trinajstić information content (AvgIpc) is 3.18. The summed E-state index contributed by atoms with van der Waals surface area (Å²) in [6.07, 6.45) is 4.77. The smallest absolute Gasteiger partial charge is 0.254 e. The lowest BCUT2D eigenvalue weighted by atomic mass is 10.1. The highest BCUT2D eigenvalue weighted by Gasteiger charge is 2.26. The molecule has 1 heterocycles. The van der Waals surface area contributed by atoms with Crippen molar-refractivity contribution in [2.24, 2.45) is 0 Å². The Morgan fingerprint density at radius 1 is 1.22 bits per heavy atom. The van der Waals surface area contributed by atoms with Gasteiger partial charge in [0.2, 0.25) is 0 Å². The maximum atomic E-state index is 12.8. The minimum absolute atomic E-state index is 0.152. The molecule has 0 saturated heterocycles. The highest BCUT2D eigenvalue weighted by atomic mass is 16.2. The van der Waals surface area contributed by atoms with Gasteiger partial charge in [-0.2, -0.15) is 5.10 Å². The molecule has 2 aromatic rings. The SMILES string of the molecule is CCN(C(=O)c1ccc(-n2nc(C)cc2C)cc1)C1CCCC1. The zero-order valence-corrected chi connectivity index (χ0v) is 14.2. The molecule has 4 heteroatoms. The van der Waals surface area contributed by atoms with Crippen LogP contribution < -0.4 is 0 Å². The summed E-state index contributed by atoms with van der Waals surface area (Å²) in [5.74, 6) is 0.152. The summed E-state index contributed by atoms with van der Waals surface area (Å²) in [7, 11) is 0. The summed E-state index contributed by atoms with van der Waals surface area (Å²) in [4.78, 5) is 14.8. The number of aryl methyl sites for hydroxylation is 2. The molecule has 1 amide bonds. The van der Waals surface area contributed by atoms with E-state index < -0.39 is 0 Å². The van der Waals surface area contributed by atoms with Gasteiger partial charge in [0.15, 0.2) is 0 Å². The second kappa shape index (κ2) is 6.57. The van der Waals surface area contributed by atoms with Crippen molar-refractivity contribution >= 4 is 5.91 Å². The van der Waals surface area contributed by atoms with Crippen LogP contribution in [0, 0.1) is 13.8 Å². The van der Waals surface area contributed by atoms with E-state index in [0.29, 0.717) is 6.04 Å². The number of nitrogens with zero attached hydrogens (tertiary/aromatic N) is 3. The van der Waals surface area contributed by atoms with Crippen LogP contribution in [0.1, 0.15) is 54.4 Å². The molecule has 1 aromatic carbocycles. The van der Waals surface area contributed by atoms with Gasteiger partial charge in [-0.3, -0.25) is 4.79 Å². The number of hydrogen-bond acceptors (Lipinski definition) is 2. The summed E-state index contributed by atoms with van der Waals surface area (Å²) in [6.45, 7) is 6.88. The van der Waals surface area contributed by atoms with Crippen molar-refractivity contribution in [2.75, 3.05) is 6.54 Å². The highest BCUT2D eigenvalue weighted by Crippen LogP contribution is 2.25. The first-order chi connectivity index (χ1) is 11.1. The van der Waals surface area contributed by atoms with Crippen molar-refractivity contribution < 1.29 is 4.79 Å². The van der Waals surface area contributed by atoms with Crippen molar-refractivity contribution in [1.29, 1.82) is 0 Å². The van der Waals surface area contributed by atoms with Crippen LogP contribution in [0.2, 0.25) is 0 Å². The summed E-state index contributed by atoms with van der Waals surface area (Å²) in [5.41, 5.74) is 3.86. The van der Waals surface area contributed by atoms with Crippen LogP contribution in [0.4, 0.5) is 0 Å². The van der Waals surface area contributed by atoms with Crippen molar-refractivity contribution in [2.45, 2.75) is 52.5 Å². The van der Waals surface area contributed by atoms with E-state index in [-0.39, 0.29) is 5.91 Å². The number of carbonyl (C=O) groups excluding carboxylic acids is 1. The van der Waals surface area contributed by atoms with Gasteiger partial charge in [-0.05, 0) is 63.9 Å². The maximum Gasteiger partial charge on any atom is 0.254 e. The van der Waals surface area contributed by atoms with Gasteiger partial charge in [-0.25, -0.2) is 4.68 Å². The Kier molecular flexibility index (Phi) is 4.51. The monoisotopic (exact) mass is 311 g/mol. The van der Waals surface area contributed by atoms with E-state index in [1.54, 1.807) is 0 Å². The Bertz CT molecular complexity index is 681. The van der Waals surface area contributed by atoms with E-state index >= 15 is 0 Å². The van der Waals surface area contributed by atoms with Crippen LogP contribution in [0.25, 0.3) is 5.69 Å². The van der Waals surface area contributed by atoms with E-state index in [1.165, 1.54) is 12.8 Å². The third-order valence-electron chi connectivity index (χ3n) is 4.74. The van der Waals surface area contributed by atoms with Gasteiger partial charge >= 0.3 is 0 Å². The predicted octanol–water partition coefficient (Wildman–Crippen LogP) is 3.89. The number of benzene rings is 1. The zero-order chi connectivity index (χ0) is 16.4. The molecule has 122 valence electrons. The van der Waals surface area contributed by atoms with E-state index in [4.69, 9.17) is 0 Å². The number of amides is 1. The van der Waals surface area contributed by atoms with Crippen LogP contribution in [-0.2, 0) is 0 Å². The molecular weight excluding hydrogens is 286 g/mol. The van der Waals surface area contributed by atoms with Gasteiger partial charge in [0.1, 0.15) is 0 Å². The summed E-state index contributed by atoms with van der Waals surface area (Å²) in [5, 5.41) is 4.49. The van der Waals surface area contributed by atoms with E-state index in [9.17, 15) is 4.79 Å². The topological polar surface area (TPSA) is 38.1 Å². The first kappa shape index (κ1) is 15.8. The molecule has 1 fully saturated rings. The van der Waals surface area contributed by atoms with Crippen molar-refractivity contribution in [3.8, 4) is 5.69 Å². The Morgan fingerprint density at radius 3 is 2.39 bits per heavy atom. The number of carbonyl (C=O) groups is 1. The molecular formula is C19H25N3O. The zero-order valence-electron chi connectivity index (χ0n) is 14.2. The Morgan fingerprint density at radius 2 is 1.87 bits per heavy atom. The molecule has 0 spiro atoms. The maximum absolute atomic E-state index is 12.8. The van der Waals surface area contributed by atoms with Gasteiger partial charge < -0.3 is 4.90 Å². The largest absolute Gasteiger partial charge is 0.336 e. The summed E-state index contributed by atoms with van der Waals surface area (Å²) in [6, 6.07) is 10.3. The van der Waals surface area contributed by atoms with E-state index in [2.05, 4.69) is 18.1 Å². The number of aromatic nitrogens is 2. The fraction of sp³-hybridized carbons (Fsp3) is 0.474. The third-order valence-corrected chi connectivity index (χ3v) is 4.74. The molecule has 0 radical (unpaired) electrons. The average molecular weight is 311 g/mol. The highest BCUT2D eigenvalue weighted by molar-refractivity contribution is 5.94. The second-order valence-electron chi connectivity index (χ2n) is 6.42. The Labute approximate surface area is 138 Å². The van der Waals surface area contributed by atoms with Crippen molar-refractivity contribution in [1.82, 2.24) is 14.7 Å². The number of rotatable bonds is 4. The van der Waals surface area contributed by atoms with Crippen molar-refractivity contribution in [3.05, 3.63) is 47.3 Å². The molecule has 0 aliphatic heterocycles. The molecule has 23 heavy (non-hydrogen) atoms. The molecule has 0 N–H and O–H groups in total. The van der Waals surface area contributed by atoms with E-state index in [1.807, 2.05) is 47.7 Å². The van der Waals surface area contributed by atoms with Crippen LogP contribution >= 0.6 is 0 Å². The normalized spacial score (nSPS) is 15.1. The van der Waals surface area contributed by atoms with Crippen LogP contribution in [0.3, 0.4) is 0 Å². The van der Waals surface area contributed by atoms with Gasteiger partial charge in [-0.15, -0.1) is 0 Å². The summed E-state index contributed by atoms with van der Waals surface area (Å²) >= 11 is 0. The van der Waals surface area contributed by atoms with Crippen molar-refractivity contribution in [3.63, 3.8) is 0 Å².